The van der Waals surface area contributed by atoms with Crippen LogP contribution in [0.5, 0.6) is 5.75 Å². The fourth-order valence-corrected chi connectivity index (χ4v) is 5.90. The number of nitrogens with one attached hydrogen (secondary N) is 2. The number of imide groups is 1. The van der Waals surface area contributed by atoms with E-state index in [2.05, 4.69) is 16.4 Å². The molecule has 4 heterocycles. The van der Waals surface area contributed by atoms with Gasteiger partial charge in [-0.2, -0.15) is 0 Å². The van der Waals surface area contributed by atoms with Crippen molar-refractivity contribution in [1.82, 2.24) is 20.1 Å². The van der Waals surface area contributed by atoms with Crippen LogP contribution in [0.4, 0.5) is 0 Å². The molecule has 0 spiro atoms. The van der Waals surface area contributed by atoms with Gasteiger partial charge in [-0.05, 0) is 54.5 Å². The molecule has 3 aromatic rings. The minimum absolute atomic E-state index is 0.0640. The molecule has 2 aromatic carbocycles. The van der Waals surface area contributed by atoms with E-state index in [0.29, 0.717) is 43.1 Å². The molecule has 9 nitrogen and oxygen atoms in total. The van der Waals surface area contributed by atoms with E-state index in [1.807, 2.05) is 41.3 Å². The third-order valence-corrected chi connectivity index (χ3v) is 7.88. The number of ether oxygens (including phenoxy) is 1. The number of nitrogens with zero attached hydrogens (tertiary/aromatic N) is 2. The average Bonchev–Trinajstić information content (AvgIpc) is 3.45. The van der Waals surface area contributed by atoms with E-state index < -0.39 is 11.9 Å². The summed E-state index contributed by atoms with van der Waals surface area (Å²) in [6.07, 6.45) is 2.23. The molecular formula is C28H28N4O5. The molecule has 1 aromatic heterocycles. The van der Waals surface area contributed by atoms with Crippen LogP contribution in [-0.4, -0.2) is 64.7 Å². The van der Waals surface area contributed by atoms with E-state index in [9.17, 15) is 19.2 Å². The summed E-state index contributed by atoms with van der Waals surface area (Å²) in [7, 11) is 1.58. The van der Waals surface area contributed by atoms with Gasteiger partial charge in [0.1, 0.15) is 11.7 Å². The van der Waals surface area contributed by atoms with Crippen LogP contribution in [0.25, 0.3) is 10.9 Å². The second kappa shape index (κ2) is 9.06. The van der Waals surface area contributed by atoms with E-state index >= 15 is 0 Å². The second-order valence-electron chi connectivity index (χ2n) is 9.96. The number of amides is 4. The molecule has 37 heavy (non-hydrogen) atoms. The van der Waals surface area contributed by atoms with Gasteiger partial charge in [0, 0.05) is 42.5 Å². The molecule has 4 amide bonds. The van der Waals surface area contributed by atoms with Crippen molar-refractivity contribution < 1.29 is 23.9 Å². The first-order valence-electron chi connectivity index (χ1n) is 12.7. The van der Waals surface area contributed by atoms with E-state index in [-0.39, 0.29) is 30.1 Å². The molecule has 0 saturated carbocycles. The third kappa shape index (κ3) is 3.94. The smallest absolute Gasteiger partial charge is 0.274 e. The number of fused-ring (bicyclic) bond motifs is 2. The van der Waals surface area contributed by atoms with Crippen LogP contribution in [0, 0.1) is 0 Å². The Morgan fingerprint density at radius 3 is 2.57 bits per heavy atom. The number of hydrogen-bond acceptors (Lipinski definition) is 5. The highest BCUT2D eigenvalue weighted by molar-refractivity contribution is 6.05. The van der Waals surface area contributed by atoms with Crippen molar-refractivity contribution in [2.45, 2.75) is 44.2 Å². The number of hydrogen-bond donors (Lipinski definition) is 2. The van der Waals surface area contributed by atoms with Crippen LogP contribution in [0.1, 0.15) is 63.6 Å². The Morgan fingerprint density at radius 1 is 1.03 bits per heavy atom. The Bertz CT molecular complexity index is 1440. The highest BCUT2D eigenvalue weighted by atomic mass is 16.5. The standard InChI is InChI=1S/C28H28N4O5/c1-37-25-20-4-2-3-5-21(20)29-24(25)28(36)31-12-10-16(11-13-31)17-6-7-19-18(14-17)15-32(27(19)35)22-8-9-23(33)30-26(22)34/h2-7,14,16,22,29H,8-13,15H2,1H3,(H,30,33,34). The zero-order valence-electron chi connectivity index (χ0n) is 20.6. The first-order chi connectivity index (χ1) is 17.9. The Kier molecular flexibility index (Phi) is 5.70. The summed E-state index contributed by atoms with van der Waals surface area (Å²) in [5.41, 5.74) is 4.02. The summed E-state index contributed by atoms with van der Waals surface area (Å²) in [5.74, 6) is -0.0678. The number of methoxy groups -OCH3 is 1. The number of para-hydroxylation sites is 1. The lowest BCUT2D eigenvalue weighted by atomic mass is 9.88. The Labute approximate surface area is 213 Å². The fraction of sp³-hybridized carbons (Fsp3) is 0.357. The predicted molar refractivity (Wildman–Crippen MR) is 135 cm³/mol. The lowest BCUT2D eigenvalue weighted by molar-refractivity contribution is -0.136. The maximum atomic E-state index is 13.3. The van der Waals surface area contributed by atoms with E-state index in [1.54, 1.807) is 12.0 Å². The molecule has 2 saturated heterocycles. The molecule has 0 bridgehead atoms. The Morgan fingerprint density at radius 2 is 1.81 bits per heavy atom. The molecule has 3 aliphatic rings. The maximum absolute atomic E-state index is 13.3. The minimum Gasteiger partial charge on any atom is -0.494 e. The Hall–Kier alpha value is -4.14. The molecule has 1 atom stereocenters. The van der Waals surface area contributed by atoms with Gasteiger partial charge in [0.25, 0.3) is 11.8 Å². The van der Waals surface area contributed by atoms with Crippen molar-refractivity contribution in [2.75, 3.05) is 20.2 Å². The molecule has 0 radical (unpaired) electrons. The van der Waals surface area contributed by atoms with E-state index in [1.165, 1.54) is 0 Å². The average molecular weight is 501 g/mol. The zero-order chi connectivity index (χ0) is 25.7. The monoisotopic (exact) mass is 500 g/mol. The maximum Gasteiger partial charge on any atom is 0.274 e. The Balaban J connectivity index is 1.14. The lowest BCUT2D eigenvalue weighted by Crippen LogP contribution is -2.52. The van der Waals surface area contributed by atoms with Crippen molar-refractivity contribution in [2.24, 2.45) is 0 Å². The quantitative estimate of drug-likeness (QED) is 0.535. The van der Waals surface area contributed by atoms with Crippen molar-refractivity contribution in [3.63, 3.8) is 0 Å². The molecule has 190 valence electrons. The van der Waals surface area contributed by atoms with Crippen LogP contribution in [0.3, 0.4) is 0 Å². The molecule has 0 aliphatic carbocycles. The van der Waals surface area contributed by atoms with Gasteiger partial charge >= 0.3 is 0 Å². The van der Waals surface area contributed by atoms with Gasteiger partial charge < -0.3 is 19.5 Å². The first kappa shape index (κ1) is 23.3. The van der Waals surface area contributed by atoms with E-state index in [4.69, 9.17) is 4.74 Å². The minimum atomic E-state index is -0.614. The highest BCUT2D eigenvalue weighted by Gasteiger charge is 2.39. The topological polar surface area (TPSA) is 112 Å². The lowest BCUT2D eigenvalue weighted by Gasteiger charge is -2.32. The van der Waals surface area contributed by atoms with Crippen LogP contribution in [-0.2, 0) is 16.1 Å². The van der Waals surface area contributed by atoms with Gasteiger partial charge in [-0.1, -0.05) is 24.3 Å². The number of H-pyrrole nitrogens is 1. The fourth-order valence-electron chi connectivity index (χ4n) is 5.90. The largest absolute Gasteiger partial charge is 0.494 e. The third-order valence-electron chi connectivity index (χ3n) is 7.88. The van der Waals surface area contributed by atoms with E-state index in [0.717, 1.165) is 34.9 Å². The number of likely N-dealkylation sites (tertiary alicyclic amines) is 1. The number of aromatic amines is 1. The summed E-state index contributed by atoms with van der Waals surface area (Å²) in [4.78, 5) is 56.8. The number of rotatable bonds is 4. The number of aromatic nitrogens is 1. The summed E-state index contributed by atoms with van der Waals surface area (Å²) in [6.45, 7) is 1.62. The molecule has 3 aliphatic heterocycles. The summed E-state index contributed by atoms with van der Waals surface area (Å²) < 4.78 is 5.56. The van der Waals surface area contributed by atoms with Crippen LogP contribution >= 0.6 is 0 Å². The zero-order valence-corrected chi connectivity index (χ0v) is 20.6. The van der Waals surface area contributed by atoms with Gasteiger partial charge in [-0.15, -0.1) is 0 Å². The number of carbonyl (C=O) groups excluding carboxylic acids is 4. The van der Waals surface area contributed by atoms with Gasteiger partial charge in [0.15, 0.2) is 5.75 Å². The molecule has 1 unspecified atom stereocenters. The van der Waals surface area contributed by atoms with Crippen LogP contribution in [0.15, 0.2) is 42.5 Å². The van der Waals surface area contributed by atoms with Crippen molar-refractivity contribution in [3.05, 3.63) is 64.8 Å². The van der Waals surface area contributed by atoms with Crippen molar-refractivity contribution in [1.29, 1.82) is 0 Å². The number of benzene rings is 2. The highest BCUT2D eigenvalue weighted by Crippen LogP contribution is 2.35. The molecule has 6 rings (SSSR count). The summed E-state index contributed by atoms with van der Waals surface area (Å²) in [5, 5.41) is 3.23. The van der Waals surface area contributed by atoms with Crippen LogP contribution in [0.2, 0.25) is 0 Å². The molecule has 2 fully saturated rings. The SMILES string of the molecule is COc1c(C(=O)N2CCC(c3ccc4c(c3)CN(C3CCC(=O)NC3=O)C4=O)CC2)[nH]c2ccccc12. The van der Waals surface area contributed by atoms with Gasteiger partial charge in [-0.3, -0.25) is 24.5 Å². The molecule has 2 N–H and O–H groups in total. The second-order valence-corrected chi connectivity index (χ2v) is 9.96. The summed E-state index contributed by atoms with van der Waals surface area (Å²) in [6, 6.07) is 13.0. The molecule has 9 heteroatoms. The molecular weight excluding hydrogens is 472 g/mol. The van der Waals surface area contributed by atoms with Crippen molar-refractivity contribution >= 4 is 34.5 Å². The summed E-state index contributed by atoms with van der Waals surface area (Å²) >= 11 is 0. The van der Waals surface area contributed by atoms with Crippen LogP contribution < -0.4 is 10.1 Å². The van der Waals surface area contributed by atoms with Crippen molar-refractivity contribution in [3.8, 4) is 5.75 Å². The predicted octanol–water partition coefficient (Wildman–Crippen LogP) is 2.96. The van der Waals surface area contributed by atoms with Gasteiger partial charge in [-0.25, -0.2) is 0 Å². The first-order valence-corrected chi connectivity index (χ1v) is 12.7. The van der Waals surface area contributed by atoms with Gasteiger partial charge in [0.2, 0.25) is 11.8 Å². The number of carbonyl (C=O) groups is 4. The van der Waals surface area contributed by atoms with Gasteiger partial charge in [0.05, 0.1) is 7.11 Å². The number of piperidine rings is 2. The normalized spacial score (nSPS) is 20.4.